The van der Waals surface area contributed by atoms with Crippen LogP contribution in [0.5, 0.6) is 0 Å². The van der Waals surface area contributed by atoms with Crippen molar-refractivity contribution in [3.63, 3.8) is 0 Å². The van der Waals surface area contributed by atoms with Gasteiger partial charge in [0.1, 0.15) is 0 Å². The summed E-state index contributed by atoms with van der Waals surface area (Å²) < 4.78 is 0. The third kappa shape index (κ3) is 4.21. The molecule has 2 saturated heterocycles. The molecule has 3 rings (SSSR count). The van der Waals surface area contributed by atoms with Crippen molar-refractivity contribution in [3.05, 3.63) is 22.4 Å². The number of nitrogens with zero attached hydrogens (tertiary/aromatic N) is 1. The molecule has 0 spiro atoms. The Morgan fingerprint density at radius 2 is 2.14 bits per heavy atom. The van der Waals surface area contributed by atoms with E-state index in [0.29, 0.717) is 29.9 Å². The van der Waals surface area contributed by atoms with E-state index >= 15 is 0 Å². The molecular weight excluding hydrogens is 322 g/mol. The molecule has 22 heavy (non-hydrogen) atoms. The molecule has 5 nitrogen and oxygen atoms in total. The highest BCUT2D eigenvalue weighted by atomic mass is 35.5. The molecule has 2 atom stereocenters. The van der Waals surface area contributed by atoms with E-state index in [4.69, 9.17) is 0 Å². The van der Waals surface area contributed by atoms with E-state index in [2.05, 4.69) is 10.6 Å². The van der Waals surface area contributed by atoms with E-state index in [9.17, 15) is 9.59 Å². The molecule has 2 N–H and O–H groups in total. The van der Waals surface area contributed by atoms with Gasteiger partial charge in [-0.1, -0.05) is 6.07 Å². The van der Waals surface area contributed by atoms with Crippen LogP contribution in [0, 0.1) is 0 Å². The van der Waals surface area contributed by atoms with Crippen LogP contribution >= 0.6 is 23.7 Å². The van der Waals surface area contributed by atoms with Gasteiger partial charge in [0.25, 0.3) is 5.91 Å². The third-order valence-corrected chi connectivity index (χ3v) is 5.11. The minimum atomic E-state index is -0.0885. The van der Waals surface area contributed by atoms with E-state index in [0.717, 1.165) is 19.5 Å². The van der Waals surface area contributed by atoms with Gasteiger partial charge in [0.05, 0.1) is 4.88 Å². The summed E-state index contributed by atoms with van der Waals surface area (Å²) >= 11 is 1.41. The van der Waals surface area contributed by atoms with Crippen LogP contribution in [0.4, 0.5) is 0 Å². The second kappa shape index (κ2) is 7.94. The molecule has 1 aromatic rings. The Bertz CT molecular complexity index is 509. The first kappa shape index (κ1) is 17.2. The van der Waals surface area contributed by atoms with Gasteiger partial charge in [0, 0.05) is 38.1 Å². The third-order valence-electron chi connectivity index (χ3n) is 4.25. The smallest absolute Gasteiger partial charge is 0.261 e. The largest absolute Gasteiger partial charge is 0.351 e. The number of thiophene rings is 1. The Morgan fingerprint density at radius 3 is 2.91 bits per heavy atom. The van der Waals surface area contributed by atoms with Crippen LogP contribution in [-0.2, 0) is 4.79 Å². The minimum Gasteiger partial charge on any atom is -0.351 e. The van der Waals surface area contributed by atoms with Gasteiger partial charge in [-0.25, -0.2) is 0 Å². The first-order valence-electron chi connectivity index (χ1n) is 7.58. The molecule has 2 aliphatic rings. The molecule has 0 saturated carbocycles. The molecule has 2 bridgehead atoms. The number of halogens is 1. The Kier molecular flexibility index (Phi) is 6.23. The van der Waals surface area contributed by atoms with Crippen LogP contribution in [0.15, 0.2) is 17.5 Å². The van der Waals surface area contributed by atoms with Gasteiger partial charge in [-0.15, -0.1) is 23.7 Å². The number of carbonyl (C=O) groups excluding carboxylic acids is 2. The summed E-state index contributed by atoms with van der Waals surface area (Å²) in [6.07, 6.45) is 3.84. The molecule has 122 valence electrons. The van der Waals surface area contributed by atoms with E-state index in [1.54, 1.807) is 6.07 Å². The van der Waals surface area contributed by atoms with Gasteiger partial charge in [0.2, 0.25) is 5.91 Å². The standard InChI is InChI=1S/C15H21N3O2S.ClH/c19-14(5-7-16-15(20)13-2-1-9-21-13)18-8-6-11-3-4-12(10-18)17-11;/h1-2,9,11-12,17H,3-8,10H2,(H,16,20);1H. The van der Waals surface area contributed by atoms with Crippen molar-refractivity contribution in [1.82, 2.24) is 15.5 Å². The van der Waals surface area contributed by atoms with Crippen molar-refractivity contribution >= 4 is 35.6 Å². The van der Waals surface area contributed by atoms with Gasteiger partial charge in [-0.2, -0.15) is 0 Å². The predicted octanol–water partition coefficient (Wildman–Crippen LogP) is 1.64. The molecule has 0 aliphatic carbocycles. The molecule has 1 aromatic heterocycles. The van der Waals surface area contributed by atoms with Crippen molar-refractivity contribution in [2.45, 2.75) is 37.8 Å². The minimum absolute atomic E-state index is 0. The van der Waals surface area contributed by atoms with Crippen LogP contribution in [0.25, 0.3) is 0 Å². The van der Waals surface area contributed by atoms with Crippen molar-refractivity contribution in [1.29, 1.82) is 0 Å². The quantitative estimate of drug-likeness (QED) is 0.873. The number of hydrogen-bond donors (Lipinski definition) is 2. The molecule has 2 amide bonds. The van der Waals surface area contributed by atoms with Crippen LogP contribution < -0.4 is 10.6 Å². The first-order chi connectivity index (χ1) is 10.2. The monoisotopic (exact) mass is 343 g/mol. The van der Waals surface area contributed by atoms with Crippen molar-refractivity contribution in [3.8, 4) is 0 Å². The van der Waals surface area contributed by atoms with Crippen molar-refractivity contribution < 1.29 is 9.59 Å². The normalized spacial score (nSPS) is 23.5. The van der Waals surface area contributed by atoms with Crippen LogP contribution in [-0.4, -0.2) is 48.4 Å². The zero-order valence-electron chi connectivity index (χ0n) is 12.4. The Morgan fingerprint density at radius 1 is 1.32 bits per heavy atom. The molecule has 7 heteroatoms. The van der Waals surface area contributed by atoms with Crippen LogP contribution in [0.2, 0.25) is 0 Å². The van der Waals surface area contributed by atoms with Crippen LogP contribution in [0.1, 0.15) is 35.4 Å². The highest BCUT2D eigenvalue weighted by Crippen LogP contribution is 2.20. The highest BCUT2D eigenvalue weighted by Gasteiger charge is 2.30. The number of hydrogen-bond acceptors (Lipinski definition) is 4. The fourth-order valence-corrected chi connectivity index (χ4v) is 3.75. The Balaban J connectivity index is 0.00000176. The summed E-state index contributed by atoms with van der Waals surface area (Å²) in [4.78, 5) is 26.7. The molecule has 2 unspecified atom stereocenters. The van der Waals surface area contributed by atoms with Crippen LogP contribution in [0.3, 0.4) is 0 Å². The lowest BCUT2D eigenvalue weighted by atomic mass is 10.1. The number of carbonyl (C=O) groups is 2. The lowest BCUT2D eigenvalue weighted by Crippen LogP contribution is -2.40. The summed E-state index contributed by atoms with van der Waals surface area (Å²) in [6.45, 7) is 2.06. The predicted molar refractivity (Wildman–Crippen MR) is 89.7 cm³/mol. The van der Waals surface area contributed by atoms with E-state index in [1.807, 2.05) is 16.3 Å². The average molecular weight is 344 g/mol. The van der Waals surface area contributed by atoms with Gasteiger partial charge < -0.3 is 15.5 Å². The van der Waals surface area contributed by atoms with Crippen molar-refractivity contribution in [2.24, 2.45) is 0 Å². The van der Waals surface area contributed by atoms with Crippen molar-refractivity contribution in [2.75, 3.05) is 19.6 Å². The Hall–Kier alpha value is -1.11. The average Bonchev–Trinajstić information content (AvgIpc) is 3.08. The van der Waals surface area contributed by atoms with E-state index in [1.165, 1.54) is 24.2 Å². The molecule has 2 aliphatic heterocycles. The van der Waals surface area contributed by atoms with Gasteiger partial charge in [-0.3, -0.25) is 9.59 Å². The summed E-state index contributed by atoms with van der Waals surface area (Å²) in [6, 6.07) is 4.69. The summed E-state index contributed by atoms with van der Waals surface area (Å²) in [7, 11) is 0. The van der Waals surface area contributed by atoms with Gasteiger partial charge in [-0.05, 0) is 30.7 Å². The lowest BCUT2D eigenvalue weighted by Gasteiger charge is -2.24. The summed E-state index contributed by atoms with van der Waals surface area (Å²) in [5.74, 6) is 0.0604. The fourth-order valence-electron chi connectivity index (χ4n) is 3.11. The maximum absolute atomic E-state index is 12.2. The highest BCUT2D eigenvalue weighted by molar-refractivity contribution is 7.12. The second-order valence-corrected chi connectivity index (χ2v) is 6.70. The zero-order valence-corrected chi connectivity index (χ0v) is 14.0. The number of amides is 2. The number of fused-ring (bicyclic) bond motifs is 2. The zero-order chi connectivity index (χ0) is 14.7. The number of likely N-dealkylation sites (tertiary alicyclic amines) is 1. The molecule has 2 fully saturated rings. The maximum Gasteiger partial charge on any atom is 0.261 e. The van der Waals surface area contributed by atoms with Gasteiger partial charge in [0.15, 0.2) is 0 Å². The fraction of sp³-hybridized carbons (Fsp3) is 0.600. The van der Waals surface area contributed by atoms with Gasteiger partial charge >= 0.3 is 0 Å². The SMILES string of the molecule is Cl.O=C(NCCC(=O)N1CCC2CCC(C1)N2)c1cccs1. The first-order valence-corrected chi connectivity index (χ1v) is 8.46. The maximum atomic E-state index is 12.2. The topological polar surface area (TPSA) is 61.4 Å². The molecule has 0 aromatic carbocycles. The molecular formula is C15H22ClN3O2S. The summed E-state index contributed by atoms with van der Waals surface area (Å²) in [5.41, 5.74) is 0. The molecule has 0 radical (unpaired) electrons. The number of nitrogens with one attached hydrogen (secondary N) is 2. The van der Waals surface area contributed by atoms with E-state index < -0.39 is 0 Å². The lowest BCUT2D eigenvalue weighted by molar-refractivity contribution is -0.131. The summed E-state index contributed by atoms with van der Waals surface area (Å²) in [5, 5.41) is 8.26. The van der Waals surface area contributed by atoms with E-state index in [-0.39, 0.29) is 24.2 Å². The number of rotatable bonds is 4. The Labute approximate surface area is 140 Å². The second-order valence-electron chi connectivity index (χ2n) is 5.75. The molecule has 3 heterocycles.